The monoisotopic (exact) mass is 197 g/mol. The van der Waals surface area contributed by atoms with Crippen molar-refractivity contribution in [2.45, 2.75) is 13.3 Å². The maximum Gasteiger partial charge on any atom is 0.226 e. The van der Waals surface area contributed by atoms with Crippen LogP contribution in [0.4, 0.5) is 0 Å². The van der Waals surface area contributed by atoms with Gasteiger partial charge in [0.1, 0.15) is 5.76 Å². The van der Waals surface area contributed by atoms with Crippen molar-refractivity contribution >= 4 is 0 Å². The van der Waals surface area contributed by atoms with Crippen molar-refractivity contribution in [2.75, 3.05) is 13.7 Å². The maximum absolute atomic E-state index is 11.3. The number of ether oxygens (including phenoxy) is 1. The first-order chi connectivity index (χ1) is 6.69. The Bertz CT molecular complexity index is 345. The molecule has 0 radical (unpaired) electrons. The topological polar surface area (TPSA) is 65.5 Å². The molecule has 2 N–H and O–H groups in total. The molecule has 0 aromatic carbocycles. The van der Waals surface area contributed by atoms with E-state index in [4.69, 9.17) is 14.9 Å². The third-order valence-electron chi connectivity index (χ3n) is 2.05. The van der Waals surface area contributed by atoms with E-state index in [0.29, 0.717) is 18.7 Å². The van der Waals surface area contributed by atoms with Gasteiger partial charge in [0.25, 0.3) is 0 Å². The molecule has 1 heterocycles. The molecule has 0 spiro atoms. The molecule has 0 saturated heterocycles. The van der Waals surface area contributed by atoms with Crippen molar-refractivity contribution in [2.24, 2.45) is 11.7 Å². The third kappa shape index (κ3) is 2.35. The Labute approximate surface area is 82.7 Å². The Hall–Kier alpha value is -1.29. The fourth-order valence-corrected chi connectivity index (χ4v) is 1.20. The SMILES string of the molecule is COc1c(CC(C)CN)occc1=O. The summed E-state index contributed by atoms with van der Waals surface area (Å²) in [5, 5.41) is 0. The molecule has 4 nitrogen and oxygen atoms in total. The average molecular weight is 197 g/mol. The Morgan fingerprint density at radius 2 is 2.36 bits per heavy atom. The molecule has 0 aliphatic carbocycles. The largest absolute Gasteiger partial charge is 0.490 e. The fourth-order valence-electron chi connectivity index (χ4n) is 1.20. The second kappa shape index (κ2) is 4.81. The predicted molar refractivity (Wildman–Crippen MR) is 53.5 cm³/mol. The van der Waals surface area contributed by atoms with E-state index >= 15 is 0 Å². The molecule has 1 aromatic rings. The normalized spacial score (nSPS) is 12.5. The highest BCUT2D eigenvalue weighted by atomic mass is 16.5. The Morgan fingerprint density at radius 3 is 2.93 bits per heavy atom. The molecular weight excluding hydrogens is 182 g/mol. The van der Waals surface area contributed by atoms with Gasteiger partial charge in [-0.15, -0.1) is 0 Å². The minimum absolute atomic E-state index is 0.155. The summed E-state index contributed by atoms with van der Waals surface area (Å²) < 4.78 is 10.2. The molecule has 0 saturated carbocycles. The predicted octanol–water partition coefficient (Wildman–Crippen LogP) is 0.786. The second-order valence-electron chi connectivity index (χ2n) is 3.29. The molecular formula is C10H15NO3. The van der Waals surface area contributed by atoms with E-state index in [-0.39, 0.29) is 17.1 Å². The molecule has 1 aromatic heterocycles. The molecule has 4 heteroatoms. The number of hydrogen-bond donors (Lipinski definition) is 1. The minimum Gasteiger partial charge on any atom is -0.490 e. The van der Waals surface area contributed by atoms with E-state index in [0.717, 1.165) is 0 Å². The van der Waals surface area contributed by atoms with Crippen molar-refractivity contribution in [3.05, 3.63) is 28.3 Å². The lowest BCUT2D eigenvalue weighted by Crippen LogP contribution is -2.15. The first-order valence-corrected chi connectivity index (χ1v) is 4.53. The van der Waals surface area contributed by atoms with E-state index in [1.165, 1.54) is 19.4 Å². The lowest BCUT2D eigenvalue weighted by molar-refractivity contribution is 0.356. The fraction of sp³-hybridized carbons (Fsp3) is 0.500. The summed E-state index contributed by atoms with van der Waals surface area (Å²) in [5.41, 5.74) is 5.33. The van der Waals surface area contributed by atoms with Crippen LogP contribution < -0.4 is 15.9 Å². The van der Waals surface area contributed by atoms with Gasteiger partial charge in [0, 0.05) is 12.5 Å². The molecule has 14 heavy (non-hydrogen) atoms. The van der Waals surface area contributed by atoms with Gasteiger partial charge in [-0.2, -0.15) is 0 Å². The van der Waals surface area contributed by atoms with Gasteiger partial charge in [0.15, 0.2) is 0 Å². The molecule has 0 fully saturated rings. The minimum atomic E-state index is -0.155. The summed E-state index contributed by atoms with van der Waals surface area (Å²) in [6.45, 7) is 2.55. The van der Waals surface area contributed by atoms with E-state index in [2.05, 4.69) is 0 Å². The molecule has 1 unspecified atom stereocenters. The van der Waals surface area contributed by atoms with Crippen LogP contribution in [0, 0.1) is 5.92 Å². The number of hydrogen-bond acceptors (Lipinski definition) is 4. The van der Waals surface area contributed by atoms with Crippen LogP contribution in [0.25, 0.3) is 0 Å². The highest BCUT2D eigenvalue weighted by molar-refractivity contribution is 5.24. The summed E-state index contributed by atoms with van der Waals surface area (Å²) in [4.78, 5) is 11.3. The van der Waals surface area contributed by atoms with Crippen molar-refractivity contribution in [1.82, 2.24) is 0 Å². The lowest BCUT2D eigenvalue weighted by atomic mass is 10.1. The van der Waals surface area contributed by atoms with Gasteiger partial charge in [-0.3, -0.25) is 4.79 Å². The number of nitrogens with two attached hydrogens (primary N) is 1. The third-order valence-corrected chi connectivity index (χ3v) is 2.05. The van der Waals surface area contributed by atoms with Crippen molar-refractivity contribution < 1.29 is 9.15 Å². The molecule has 1 atom stereocenters. The van der Waals surface area contributed by atoms with Crippen LogP contribution in [0.3, 0.4) is 0 Å². The second-order valence-corrected chi connectivity index (χ2v) is 3.29. The quantitative estimate of drug-likeness (QED) is 0.774. The van der Waals surface area contributed by atoms with Crippen molar-refractivity contribution in [1.29, 1.82) is 0 Å². The van der Waals surface area contributed by atoms with E-state index in [9.17, 15) is 4.79 Å². The standard InChI is InChI=1S/C10H15NO3/c1-7(6-11)5-9-10(13-2)8(12)3-4-14-9/h3-4,7H,5-6,11H2,1-2H3. The first-order valence-electron chi connectivity index (χ1n) is 4.53. The summed E-state index contributed by atoms with van der Waals surface area (Å²) in [6.07, 6.45) is 2.00. The van der Waals surface area contributed by atoms with Gasteiger partial charge in [-0.1, -0.05) is 6.92 Å². The van der Waals surface area contributed by atoms with Crippen LogP contribution in [-0.4, -0.2) is 13.7 Å². The van der Waals surface area contributed by atoms with Crippen LogP contribution in [0.1, 0.15) is 12.7 Å². The van der Waals surface area contributed by atoms with Crippen LogP contribution in [0.5, 0.6) is 5.75 Å². The van der Waals surface area contributed by atoms with Crippen LogP contribution >= 0.6 is 0 Å². The zero-order valence-corrected chi connectivity index (χ0v) is 8.45. The van der Waals surface area contributed by atoms with Crippen molar-refractivity contribution in [3.8, 4) is 5.75 Å². The zero-order valence-electron chi connectivity index (χ0n) is 8.45. The van der Waals surface area contributed by atoms with Crippen LogP contribution in [-0.2, 0) is 6.42 Å². The van der Waals surface area contributed by atoms with Crippen LogP contribution in [0.2, 0.25) is 0 Å². The van der Waals surface area contributed by atoms with Gasteiger partial charge in [-0.25, -0.2) is 0 Å². The maximum atomic E-state index is 11.3. The Morgan fingerprint density at radius 1 is 1.64 bits per heavy atom. The molecule has 0 bridgehead atoms. The van der Waals surface area contributed by atoms with Gasteiger partial charge < -0.3 is 14.9 Å². The van der Waals surface area contributed by atoms with E-state index < -0.39 is 0 Å². The first kappa shape index (κ1) is 10.8. The van der Waals surface area contributed by atoms with E-state index in [1.54, 1.807) is 0 Å². The zero-order chi connectivity index (χ0) is 10.6. The van der Waals surface area contributed by atoms with E-state index in [1.807, 2.05) is 6.92 Å². The molecule has 0 amide bonds. The molecule has 78 valence electrons. The highest BCUT2D eigenvalue weighted by Crippen LogP contribution is 2.16. The van der Waals surface area contributed by atoms with Gasteiger partial charge in [-0.05, 0) is 12.5 Å². The Kier molecular flexibility index (Phi) is 3.71. The highest BCUT2D eigenvalue weighted by Gasteiger charge is 2.12. The summed E-state index contributed by atoms with van der Waals surface area (Å²) in [5.74, 6) is 1.13. The number of rotatable bonds is 4. The lowest BCUT2D eigenvalue weighted by Gasteiger charge is -2.09. The average Bonchev–Trinajstić information content (AvgIpc) is 2.18. The van der Waals surface area contributed by atoms with Crippen molar-refractivity contribution in [3.63, 3.8) is 0 Å². The smallest absolute Gasteiger partial charge is 0.226 e. The molecule has 0 aliphatic rings. The number of methoxy groups -OCH3 is 1. The van der Waals surface area contributed by atoms with Gasteiger partial charge in [0.05, 0.1) is 13.4 Å². The summed E-state index contributed by atoms with van der Waals surface area (Å²) in [6, 6.07) is 1.34. The summed E-state index contributed by atoms with van der Waals surface area (Å²) >= 11 is 0. The summed E-state index contributed by atoms with van der Waals surface area (Å²) in [7, 11) is 1.46. The Balaban J connectivity index is 2.96. The molecule has 1 rings (SSSR count). The van der Waals surface area contributed by atoms with Gasteiger partial charge in [0.2, 0.25) is 11.2 Å². The van der Waals surface area contributed by atoms with Crippen LogP contribution in [0.15, 0.2) is 21.5 Å². The molecule has 0 aliphatic heterocycles. The van der Waals surface area contributed by atoms with Gasteiger partial charge >= 0.3 is 0 Å².